The lowest BCUT2D eigenvalue weighted by atomic mass is 10.1. The standard InChI is InChI=1S/C32H28FN7O22S7/c33-22-15-26(28(66(49,50)51)16-25(22)37-35-17-1-3-18(4-2-17)63(42,43)11-9-61-68(55,56)57)38-40-31-29(67(52,53)54)14-21-20(32(31)41)6-7-23(34)30(21)39-36-24-8-5-19(13-27(24)65(46,47)48)64(44,45)12-10-62-69(58,59)60/h1-8,13-16,41H,9-12,34H2,(H,46,47,48)(H,49,50,51)(H,52,53,54)(H,55,56,57)(H,58,59,60). The summed E-state index contributed by atoms with van der Waals surface area (Å²) in [5, 5.41) is 31.9. The number of nitrogen functional groups attached to an aromatic ring is 1. The normalized spacial score (nSPS) is 13.6. The number of rotatable bonds is 19. The van der Waals surface area contributed by atoms with Crippen LogP contribution in [-0.4, -0.2) is 112 Å². The van der Waals surface area contributed by atoms with E-state index < -0.39 is 166 Å². The average molecular weight is 1110 g/mol. The molecule has 69 heavy (non-hydrogen) atoms. The van der Waals surface area contributed by atoms with Gasteiger partial charge in [-0.3, -0.25) is 22.8 Å². The predicted molar refractivity (Wildman–Crippen MR) is 230 cm³/mol. The van der Waals surface area contributed by atoms with Crippen molar-refractivity contribution < 1.29 is 99.6 Å². The molecule has 0 saturated carbocycles. The van der Waals surface area contributed by atoms with Crippen molar-refractivity contribution in [2.45, 2.75) is 24.5 Å². The van der Waals surface area contributed by atoms with Crippen LogP contribution in [0.4, 0.5) is 44.2 Å². The Hall–Kier alpha value is -5.94. The van der Waals surface area contributed by atoms with Gasteiger partial charge < -0.3 is 10.8 Å². The van der Waals surface area contributed by atoms with Crippen LogP contribution < -0.4 is 5.73 Å². The lowest BCUT2D eigenvalue weighted by molar-refractivity contribution is 0.282. The number of sulfone groups is 2. The number of hydrogen-bond acceptors (Lipinski definition) is 24. The van der Waals surface area contributed by atoms with Gasteiger partial charge >= 0.3 is 20.8 Å². The first-order chi connectivity index (χ1) is 31.6. The zero-order valence-corrected chi connectivity index (χ0v) is 39.2. The van der Waals surface area contributed by atoms with Crippen LogP contribution in [0.15, 0.2) is 128 Å². The maximum absolute atomic E-state index is 15.3. The molecule has 0 aliphatic heterocycles. The topological polar surface area (TPSA) is 479 Å². The van der Waals surface area contributed by atoms with Crippen molar-refractivity contribution in [3.05, 3.63) is 78.6 Å². The Morgan fingerprint density at radius 1 is 0.478 bits per heavy atom. The molecule has 0 saturated heterocycles. The Morgan fingerprint density at radius 3 is 1.49 bits per heavy atom. The number of nitrogens with two attached hydrogens (primary N) is 1. The Bertz CT molecular complexity index is 3820. The van der Waals surface area contributed by atoms with Crippen molar-refractivity contribution in [3.63, 3.8) is 0 Å². The molecule has 8 N–H and O–H groups in total. The lowest BCUT2D eigenvalue weighted by Gasteiger charge is -2.12. The lowest BCUT2D eigenvalue weighted by Crippen LogP contribution is -2.16. The molecule has 0 spiro atoms. The Balaban J connectivity index is 1.53. The van der Waals surface area contributed by atoms with Gasteiger partial charge in [0.05, 0.1) is 45.9 Å². The minimum Gasteiger partial charge on any atom is -0.505 e. The molecular formula is C32H28FN7O22S7. The maximum Gasteiger partial charge on any atom is 0.397 e. The van der Waals surface area contributed by atoms with Crippen molar-refractivity contribution >= 4 is 121 Å². The highest BCUT2D eigenvalue weighted by Gasteiger charge is 2.27. The quantitative estimate of drug-likeness (QED) is 0.0341. The van der Waals surface area contributed by atoms with E-state index in [1.54, 1.807) is 0 Å². The van der Waals surface area contributed by atoms with Crippen LogP contribution >= 0.6 is 0 Å². The number of benzene rings is 5. The largest absolute Gasteiger partial charge is 0.505 e. The van der Waals surface area contributed by atoms with E-state index in [4.69, 9.17) is 14.8 Å². The second-order valence-corrected chi connectivity index (χ2v) is 23.8. The van der Waals surface area contributed by atoms with E-state index in [9.17, 15) is 77.7 Å². The first kappa shape index (κ1) is 54.0. The fourth-order valence-electron chi connectivity index (χ4n) is 5.47. The van der Waals surface area contributed by atoms with Crippen molar-refractivity contribution in [2.75, 3.05) is 30.5 Å². The number of aromatic hydroxyl groups is 1. The molecule has 0 bridgehead atoms. The number of fused-ring (bicyclic) bond motifs is 1. The molecule has 5 rings (SSSR count). The fraction of sp³-hybridized carbons (Fsp3) is 0.125. The Kier molecular flexibility index (Phi) is 15.5. The highest BCUT2D eigenvalue weighted by Crippen LogP contribution is 2.46. The SMILES string of the molecule is Nc1ccc2c(O)c(N=Nc3cc(F)c(N=Nc4ccc(S(=O)(=O)CCOS(=O)(=O)O)cc4)cc3S(=O)(=O)O)c(S(=O)(=O)O)cc2c1N=Nc1ccc(S(=O)(=O)CCOS(=O)(=O)O)cc1S(=O)(=O)O. The molecule has 0 fully saturated rings. The van der Waals surface area contributed by atoms with Crippen LogP contribution in [0.1, 0.15) is 0 Å². The summed E-state index contributed by atoms with van der Waals surface area (Å²) < 4.78 is 238. The highest BCUT2D eigenvalue weighted by atomic mass is 32.3. The summed E-state index contributed by atoms with van der Waals surface area (Å²) in [6, 6.07) is 9.24. The summed E-state index contributed by atoms with van der Waals surface area (Å²) in [5.41, 5.74) is 1.01. The van der Waals surface area contributed by atoms with Crippen LogP contribution in [-0.2, 0) is 79.2 Å². The number of hydrogen-bond donors (Lipinski definition) is 7. The molecule has 0 aromatic heterocycles. The predicted octanol–water partition coefficient (Wildman–Crippen LogP) is 4.44. The van der Waals surface area contributed by atoms with Gasteiger partial charge in [0.2, 0.25) is 0 Å². The number of phenols is 1. The molecular weight excluding hydrogens is 1080 g/mol. The number of nitrogens with zero attached hydrogens (tertiary/aromatic N) is 6. The summed E-state index contributed by atoms with van der Waals surface area (Å²) >= 11 is 0. The summed E-state index contributed by atoms with van der Waals surface area (Å²) in [5.74, 6) is -4.58. The van der Waals surface area contributed by atoms with Crippen LogP contribution in [0.5, 0.6) is 5.75 Å². The molecule has 0 heterocycles. The molecule has 0 unspecified atom stereocenters. The number of phenolic OH excluding ortho intramolecular Hbond substituents is 1. The first-order valence-electron chi connectivity index (χ1n) is 17.6. The minimum absolute atomic E-state index is 0.160. The third-order valence-electron chi connectivity index (χ3n) is 8.54. The molecule has 0 atom stereocenters. The zero-order chi connectivity index (χ0) is 51.7. The number of azo groups is 3. The second-order valence-electron chi connectivity index (χ2n) is 13.2. The van der Waals surface area contributed by atoms with E-state index >= 15 is 4.39 Å². The summed E-state index contributed by atoms with van der Waals surface area (Å²) in [4.78, 5) is -4.94. The van der Waals surface area contributed by atoms with E-state index in [2.05, 4.69) is 39.1 Å². The van der Waals surface area contributed by atoms with Gasteiger partial charge in [-0.1, -0.05) is 0 Å². The summed E-state index contributed by atoms with van der Waals surface area (Å²) in [6.45, 7) is -2.03. The molecule has 0 amide bonds. The van der Waals surface area contributed by atoms with Crippen molar-refractivity contribution in [3.8, 4) is 5.75 Å². The van der Waals surface area contributed by atoms with Crippen LogP contribution in [0.2, 0.25) is 0 Å². The number of halogens is 1. The van der Waals surface area contributed by atoms with Gasteiger partial charge in [0, 0.05) is 16.8 Å². The maximum atomic E-state index is 15.3. The van der Waals surface area contributed by atoms with Gasteiger partial charge in [0.1, 0.15) is 43.1 Å². The molecule has 5 aromatic carbocycles. The number of anilines is 1. The molecule has 37 heteroatoms. The van der Waals surface area contributed by atoms with Gasteiger partial charge in [-0.15, -0.1) is 25.6 Å². The van der Waals surface area contributed by atoms with Gasteiger partial charge in [-0.2, -0.15) is 47.2 Å². The average Bonchev–Trinajstić information content (AvgIpc) is 3.20. The van der Waals surface area contributed by atoms with Crippen molar-refractivity contribution in [1.82, 2.24) is 0 Å². The van der Waals surface area contributed by atoms with E-state index in [-0.39, 0.29) is 16.3 Å². The van der Waals surface area contributed by atoms with E-state index in [0.717, 1.165) is 42.5 Å². The molecule has 29 nitrogen and oxygen atoms in total. The smallest absolute Gasteiger partial charge is 0.397 e. The first-order valence-corrected chi connectivity index (χ1v) is 28.0. The monoisotopic (exact) mass is 1100 g/mol. The third-order valence-corrected chi connectivity index (χ3v) is 15.5. The summed E-state index contributed by atoms with van der Waals surface area (Å²) in [7, 11) is -34.9. The molecule has 0 radical (unpaired) electrons. The van der Waals surface area contributed by atoms with Crippen molar-refractivity contribution in [1.29, 1.82) is 0 Å². The molecule has 372 valence electrons. The van der Waals surface area contributed by atoms with Gasteiger partial charge in [-0.05, 0) is 66.7 Å². The van der Waals surface area contributed by atoms with E-state index in [0.29, 0.717) is 30.3 Å². The Labute approximate surface area is 388 Å². The third kappa shape index (κ3) is 13.9. The molecule has 0 aliphatic carbocycles. The van der Waals surface area contributed by atoms with Crippen molar-refractivity contribution in [2.24, 2.45) is 30.7 Å². The van der Waals surface area contributed by atoms with Gasteiger partial charge in [0.15, 0.2) is 31.2 Å². The van der Waals surface area contributed by atoms with Gasteiger partial charge in [-0.25, -0.2) is 29.6 Å². The van der Waals surface area contributed by atoms with Gasteiger partial charge in [0.25, 0.3) is 30.4 Å². The van der Waals surface area contributed by atoms with Crippen LogP contribution in [0.3, 0.4) is 0 Å². The van der Waals surface area contributed by atoms with Crippen LogP contribution in [0.25, 0.3) is 10.8 Å². The van der Waals surface area contributed by atoms with E-state index in [1.165, 1.54) is 0 Å². The minimum atomic E-state index is -5.51. The summed E-state index contributed by atoms with van der Waals surface area (Å²) in [6.07, 6.45) is 0. The zero-order valence-electron chi connectivity index (χ0n) is 33.5. The molecule has 0 aliphatic rings. The van der Waals surface area contributed by atoms with E-state index in [1.807, 2.05) is 0 Å². The second kappa shape index (κ2) is 19.8. The fourth-order valence-corrected chi connectivity index (χ4v) is 10.5. The Morgan fingerprint density at radius 2 is 0.957 bits per heavy atom. The van der Waals surface area contributed by atoms with Crippen LogP contribution in [0, 0.1) is 5.82 Å². The highest BCUT2D eigenvalue weighted by molar-refractivity contribution is 7.92. The molecule has 5 aromatic rings.